The van der Waals surface area contributed by atoms with Gasteiger partial charge < -0.3 is 14.0 Å². The van der Waals surface area contributed by atoms with E-state index in [0.29, 0.717) is 18.6 Å². The minimum absolute atomic E-state index is 0.122. The predicted molar refractivity (Wildman–Crippen MR) is 98.9 cm³/mol. The Bertz CT molecular complexity index is 591. The van der Waals surface area contributed by atoms with Crippen LogP contribution in [0.4, 0.5) is 4.39 Å². The van der Waals surface area contributed by atoms with Crippen LogP contribution in [0.2, 0.25) is 0 Å². The van der Waals surface area contributed by atoms with Crippen LogP contribution in [0, 0.1) is 6.92 Å². The summed E-state index contributed by atoms with van der Waals surface area (Å²) in [5.74, 6) is 0. The van der Waals surface area contributed by atoms with Gasteiger partial charge in [0.2, 0.25) is 0 Å². The van der Waals surface area contributed by atoms with E-state index in [4.69, 9.17) is 14.0 Å². The van der Waals surface area contributed by atoms with Crippen LogP contribution in [0.5, 0.6) is 0 Å². The molecule has 1 saturated heterocycles. The lowest BCUT2D eigenvalue weighted by molar-refractivity contribution is 0.00578. The molecule has 3 nitrogen and oxygen atoms in total. The van der Waals surface area contributed by atoms with E-state index in [1.54, 1.807) is 11.3 Å². The first kappa shape index (κ1) is 19.6. The van der Waals surface area contributed by atoms with Crippen LogP contribution in [0.1, 0.15) is 57.7 Å². The molecule has 0 saturated carbocycles. The molecule has 0 aromatic carbocycles. The van der Waals surface area contributed by atoms with Gasteiger partial charge in [0.05, 0.1) is 23.9 Å². The SMILES string of the molecule is Cc1ccc(C(CCOC(C)C)=C(F)B2OC(C)(C)C(C)(C)O2)s1. The Kier molecular flexibility index (Phi) is 5.96. The second-order valence-corrected chi connectivity index (χ2v) is 8.78. The molecule has 0 aliphatic carbocycles. The lowest BCUT2D eigenvalue weighted by Crippen LogP contribution is -2.41. The van der Waals surface area contributed by atoms with Gasteiger partial charge in [-0.3, -0.25) is 0 Å². The van der Waals surface area contributed by atoms with Gasteiger partial charge in [-0.05, 0) is 72.6 Å². The minimum Gasteiger partial charge on any atom is -0.398 e. The number of thiophene rings is 1. The maximum absolute atomic E-state index is 15.3. The molecule has 134 valence electrons. The molecule has 24 heavy (non-hydrogen) atoms. The Morgan fingerprint density at radius 2 is 1.79 bits per heavy atom. The number of aryl methyl sites for hydroxylation is 1. The van der Waals surface area contributed by atoms with Gasteiger partial charge >= 0.3 is 7.12 Å². The molecule has 1 fully saturated rings. The highest BCUT2D eigenvalue weighted by atomic mass is 32.1. The van der Waals surface area contributed by atoms with Crippen molar-refractivity contribution in [1.29, 1.82) is 0 Å². The topological polar surface area (TPSA) is 27.7 Å². The zero-order valence-electron chi connectivity index (χ0n) is 15.7. The quantitative estimate of drug-likeness (QED) is 0.659. The van der Waals surface area contributed by atoms with Gasteiger partial charge in [-0.2, -0.15) is 0 Å². The van der Waals surface area contributed by atoms with Crippen LogP contribution < -0.4 is 0 Å². The number of halogens is 1. The third-order valence-corrected chi connectivity index (χ3v) is 5.65. The summed E-state index contributed by atoms with van der Waals surface area (Å²) in [5, 5.41) is 0. The first-order valence-corrected chi connectivity index (χ1v) is 9.28. The van der Waals surface area contributed by atoms with Crippen LogP contribution in [0.25, 0.3) is 5.57 Å². The van der Waals surface area contributed by atoms with Gasteiger partial charge in [-0.15, -0.1) is 11.3 Å². The molecule has 0 unspecified atom stereocenters. The summed E-state index contributed by atoms with van der Waals surface area (Å²) in [6, 6.07) is 3.95. The highest BCUT2D eigenvalue weighted by Gasteiger charge is 2.53. The van der Waals surface area contributed by atoms with E-state index in [1.807, 2.05) is 60.6 Å². The molecule has 2 rings (SSSR count). The monoisotopic (exact) mass is 354 g/mol. The summed E-state index contributed by atoms with van der Waals surface area (Å²) in [6.07, 6.45) is 0.616. The molecular weight excluding hydrogens is 326 g/mol. The molecule has 1 aromatic rings. The van der Waals surface area contributed by atoms with E-state index in [1.165, 1.54) is 0 Å². The second-order valence-electron chi connectivity index (χ2n) is 7.49. The van der Waals surface area contributed by atoms with E-state index < -0.39 is 18.3 Å². The summed E-state index contributed by atoms with van der Waals surface area (Å²) >= 11 is 1.58. The fourth-order valence-electron chi connectivity index (χ4n) is 2.44. The Hall–Kier alpha value is -0.685. The molecule has 2 heterocycles. The lowest BCUT2D eigenvalue weighted by Gasteiger charge is -2.32. The average molecular weight is 354 g/mol. The van der Waals surface area contributed by atoms with Crippen molar-refractivity contribution in [3.8, 4) is 0 Å². The Labute approximate surface area is 149 Å². The predicted octanol–water partition coefficient (Wildman–Crippen LogP) is 5.18. The van der Waals surface area contributed by atoms with Crippen molar-refractivity contribution < 1.29 is 18.4 Å². The first-order chi connectivity index (χ1) is 11.0. The third-order valence-electron chi connectivity index (χ3n) is 4.59. The fourth-order valence-corrected chi connectivity index (χ4v) is 3.38. The highest BCUT2D eigenvalue weighted by molar-refractivity contribution is 7.13. The summed E-state index contributed by atoms with van der Waals surface area (Å²) in [7, 11) is -0.966. The molecule has 0 spiro atoms. The number of hydrogen-bond donors (Lipinski definition) is 0. The fraction of sp³-hybridized carbons (Fsp3) is 0.667. The molecular formula is C18H28BFO3S. The Morgan fingerprint density at radius 1 is 1.21 bits per heavy atom. The largest absolute Gasteiger partial charge is 0.525 e. The molecule has 1 aliphatic heterocycles. The number of rotatable bonds is 6. The molecule has 0 bridgehead atoms. The zero-order chi connectivity index (χ0) is 18.1. The first-order valence-electron chi connectivity index (χ1n) is 8.46. The summed E-state index contributed by atoms with van der Waals surface area (Å²) in [4.78, 5) is 2.06. The van der Waals surface area contributed by atoms with Crippen molar-refractivity contribution in [2.24, 2.45) is 0 Å². The molecule has 0 atom stereocenters. The van der Waals surface area contributed by atoms with Crippen LogP contribution in [-0.4, -0.2) is 31.0 Å². The van der Waals surface area contributed by atoms with Crippen molar-refractivity contribution in [2.75, 3.05) is 6.61 Å². The van der Waals surface area contributed by atoms with Crippen molar-refractivity contribution in [1.82, 2.24) is 0 Å². The van der Waals surface area contributed by atoms with Crippen LogP contribution in [-0.2, 0) is 14.0 Å². The van der Waals surface area contributed by atoms with Gasteiger partial charge in [-0.25, -0.2) is 4.39 Å². The summed E-state index contributed by atoms with van der Waals surface area (Å²) in [6.45, 7) is 14.1. The molecule has 0 N–H and O–H groups in total. The van der Waals surface area contributed by atoms with Gasteiger partial charge in [0.15, 0.2) is 0 Å². The van der Waals surface area contributed by atoms with Gasteiger partial charge in [0.1, 0.15) is 5.73 Å². The van der Waals surface area contributed by atoms with E-state index in [9.17, 15) is 0 Å². The van der Waals surface area contributed by atoms with E-state index in [-0.39, 0.29) is 11.8 Å². The molecule has 1 aromatic heterocycles. The van der Waals surface area contributed by atoms with Gasteiger partial charge in [0.25, 0.3) is 0 Å². The van der Waals surface area contributed by atoms with E-state index in [0.717, 1.165) is 9.75 Å². The number of ether oxygens (including phenoxy) is 1. The smallest absolute Gasteiger partial charge is 0.398 e. The molecule has 6 heteroatoms. The molecule has 0 radical (unpaired) electrons. The van der Waals surface area contributed by atoms with Crippen molar-refractivity contribution in [3.63, 3.8) is 0 Å². The summed E-state index contributed by atoms with van der Waals surface area (Å²) < 4.78 is 32.6. The second kappa shape index (κ2) is 7.28. The Morgan fingerprint density at radius 3 is 2.25 bits per heavy atom. The normalized spacial score (nSPS) is 20.6. The van der Waals surface area contributed by atoms with Crippen molar-refractivity contribution >= 4 is 24.0 Å². The highest BCUT2D eigenvalue weighted by Crippen LogP contribution is 2.41. The minimum atomic E-state index is -0.966. The van der Waals surface area contributed by atoms with Crippen molar-refractivity contribution in [3.05, 3.63) is 27.6 Å². The maximum atomic E-state index is 15.3. The number of hydrogen-bond acceptors (Lipinski definition) is 4. The third kappa shape index (κ3) is 4.28. The van der Waals surface area contributed by atoms with Crippen LogP contribution in [0.3, 0.4) is 0 Å². The standard InChI is InChI=1S/C18H28BFO3S/c1-12(2)21-11-10-14(15-9-8-13(3)24-15)16(20)19-22-17(4,5)18(6,7)23-19/h8-9,12H,10-11H2,1-7H3. The van der Waals surface area contributed by atoms with E-state index >= 15 is 4.39 Å². The van der Waals surface area contributed by atoms with Crippen molar-refractivity contribution in [2.45, 2.75) is 72.2 Å². The summed E-state index contributed by atoms with van der Waals surface area (Å²) in [5.41, 5.74) is -0.838. The average Bonchev–Trinajstić information content (AvgIpc) is 2.95. The molecule has 0 amide bonds. The van der Waals surface area contributed by atoms with Gasteiger partial charge in [0, 0.05) is 9.75 Å². The lowest BCUT2D eigenvalue weighted by atomic mass is 9.83. The zero-order valence-corrected chi connectivity index (χ0v) is 16.6. The van der Waals surface area contributed by atoms with E-state index in [2.05, 4.69) is 0 Å². The Balaban J connectivity index is 2.29. The van der Waals surface area contributed by atoms with Gasteiger partial charge in [-0.1, -0.05) is 0 Å². The molecule has 1 aliphatic rings. The van der Waals surface area contributed by atoms with Crippen LogP contribution >= 0.6 is 11.3 Å². The maximum Gasteiger partial charge on any atom is 0.525 e. The van der Waals surface area contributed by atoms with Crippen LogP contribution in [0.15, 0.2) is 17.9 Å².